The van der Waals surface area contributed by atoms with Crippen LogP contribution in [0.4, 0.5) is 5.95 Å². The quantitative estimate of drug-likeness (QED) is 0.675. The summed E-state index contributed by atoms with van der Waals surface area (Å²) >= 11 is 6.68. The molecular weight excluding hydrogens is 296 g/mol. The molecule has 2 heterocycles. The number of esters is 1. The summed E-state index contributed by atoms with van der Waals surface area (Å²) in [5.74, 6) is 0.158. The van der Waals surface area contributed by atoms with Gasteiger partial charge in [-0.3, -0.25) is 0 Å². The van der Waals surface area contributed by atoms with Crippen LogP contribution in [0, 0.1) is 4.77 Å². The van der Waals surface area contributed by atoms with Crippen LogP contribution < -0.4 is 5.32 Å². The van der Waals surface area contributed by atoms with Gasteiger partial charge in [0.05, 0.1) is 18.7 Å². The fourth-order valence-electron chi connectivity index (χ4n) is 1.59. The minimum absolute atomic E-state index is 0.317. The van der Waals surface area contributed by atoms with Crippen LogP contribution in [0.5, 0.6) is 0 Å². The molecule has 0 spiro atoms. The topological polar surface area (TPSA) is 69.0 Å². The van der Waals surface area contributed by atoms with E-state index in [9.17, 15) is 4.79 Å². The molecule has 106 valence electrons. The summed E-state index contributed by atoms with van der Waals surface area (Å²) < 4.78 is 7.15. The molecule has 1 N–H and O–H groups in total. The molecule has 0 saturated carbocycles. The number of ether oxygens (including phenoxy) is 1. The number of hydrogen-bond donors (Lipinski definition) is 1. The molecule has 0 atom stereocenters. The molecule has 0 amide bonds. The van der Waals surface area contributed by atoms with Gasteiger partial charge in [0.25, 0.3) is 0 Å². The van der Waals surface area contributed by atoms with Gasteiger partial charge in [-0.05, 0) is 30.6 Å². The fraction of sp³-hybridized carbons (Fsp3) is 0.333. The van der Waals surface area contributed by atoms with Crippen molar-refractivity contribution in [3.8, 4) is 0 Å². The Morgan fingerprint density at radius 3 is 3.05 bits per heavy atom. The van der Waals surface area contributed by atoms with Crippen molar-refractivity contribution in [1.82, 2.24) is 14.5 Å². The van der Waals surface area contributed by atoms with Gasteiger partial charge in [-0.25, -0.2) is 9.78 Å². The molecule has 0 aliphatic heterocycles. The summed E-state index contributed by atoms with van der Waals surface area (Å²) in [5.41, 5.74) is 0.566. The zero-order valence-corrected chi connectivity index (χ0v) is 12.8. The molecule has 20 heavy (non-hydrogen) atoms. The van der Waals surface area contributed by atoms with Crippen LogP contribution in [0.2, 0.25) is 0 Å². The number of anilines is 1. The Kier molecular flexibility index (Phi) is 4.80. The molecule has 0 unspecified atom stereocenters. The van der Waals surface area contributed by atoms with Crippen LogP contribution in [0.3, 0.4) is 0 Å². The molecule has 6 nitrogen and oxygen atoms in total. The molecule has 0 bridgehead atoms. The third-order valence-electron chi connectivity index (χ3n) is 2.54. The van der Waals surface area contributed by atoms with Gasteiger partial charge in [-0.15, -0.1) is 11.3 Å². The first-order valence-corrected chi connectivity index (χ1v) is 7.29. The van der Waals surface area contributed by atoms with Crippen LogP contribution in [0.25, 0.3) is 0 Å². The molecule has 2 aromatic rings. The smallest absolute Gasteiger partial charge is 0.339 e. The highest BCUT2D eigenvalue weighted by atomic mass is 32.1. The van der Waals surface area contributed by atoms with Crippen LogP contribution in [0.15, 0.2) is 17.8 Å². The number of rotatable bonds is 5. The predicted octanol–water partition coefficient (Wildman–Crippen LogP) is 2.34. The fourth-order valence-corrected chi connectivity index (χ4v) is 2.65. The Morgan fingerprint density at radius 2 is 2.40 bits per heavy atom. The van der Waals surface area contributed by atoms with Crippen molar-refractivity contribution in [3.63, 3.8) is 0 Å². The van der Waals surface area contributed by atoms with E-state index in [1.807, 2.05) is 5.38 Å². The van der Waals surface area contributed by atoms with Gasteiger partial charge < -0.3 is 14.6 Å². The minimum atomic E-state index is -0.317. The van der Waals surface area contributed by atoms with Gasteiger partial charge in [-0.1, -0.05) is 0 Å². The van der Waals surface area contributed by atoms with Crippen molar-refractivity contribution < 1.29 is 9.53 Å². The van der Waals surface area contributed by atoms with E-state index >= 15 is 0 Å². The van der Waals surface area contributed by atoms with Crippen molar-refractivity contribution in [1.29, 1.82) is 0 Å². The standard InChI is InChI=1S/C12H14N4O2S2/c1-3-18-10(17)8-4-5-20-9(8)6-16-7-14-11(13-2)15-12(16)19/h4-5,7H,3,6H2,1-2H3,(H,13,15,19). The second-order valence-electron chi connectivity index (χ2n) is 3.82. The Balaban J connectivity index is 2.25. The number of nitrogens with zero attached hydrogens (tertiary/aromatic N) is 3. The van der Waals surface area contributed by atoms with Crippen molar-refractivity contribution in [2.24, 2.45) is 0 Å². The van der Waals surface area contributed by atoms with Gasteiger partial charge in [0, 0.05) is 11.9 Å². The van der Waals surface area contributed by atoms with Crippen molar-refractivity contribution >= 4 is 35.5 Å². The highest BCUT2D eigenvalue weighted by Gasteiger charge is 2.14. The lowest BCUT2D eigenvalue weighted by Crippen LogP contribution is -2.10. The van der Waals surface area contributed by atoms with E-state index in [4.69, 9.17) is 17.0 Å². The minimum Gasteiger partial charge on any atom is -0.462 e. The van der Waals surface area contributed by atoms with Gasteiger partial charge >= 0.3 is 5.97 Å². The number of thiophene rings is 1. The monoisotopic (exact) mass is 310 g/mol. The van der Waals surface area contributed by atoms with Crippen molar-refractivity contribution in [2.45, 2.75) is 13.5 Å². The average molecular weight is 310 g/mol. The first-order chi connectivity index (χ1) is 9.65. The van der Waals surface area contributed by atoms with E-state index in [1.165, 1.54) is 11.3 Å². The maximum Gasteiger partial charge on any atom is 0.339 e. The normalized spacial score (nSPS) is 10.3. The zero-order valence-electron chi connectivity index (χ0n) is 11.1. The van der Waals surface area contributed by atoms with Crippen molar-refractivity contribution in [3.05, 3.63) is 33.0 Å². The number of carbonyl (C=O) groups is 1. The predicted molar refractivity (Wildman–Crippen MR) is 79.8 cm³/mol. The van der Waals surface area contributed by atoms with Gasteiger partial charge in [0.2, 0.25) is 10.7 Å². The highest BCUT2D eigenvalue weighted by Crippen LogP contribution is 2.19. The first kappa shape index (κ1) is 14.6. The summed E-state index contributed by atoms with van der Waals surface area (Å²) in [6.07, 6.45) is 1.61. The van der Waals surface area contributed by atoms with Gasteiger partial charge in [0.1, 0.15) is 6.33 Å². The molecule has 0 fully saturated rings. The number of aromatic nitrogens is 3. The zero-order chi connectivity index (χ0) is 14.5. The molecule has 2 aromatic heterocycles. The lowest BCUT2D eigenvalue weighted by atomic mass is 10.2. The summed E-state index contributed by atoms with van der Waals surface area (Å²) in [5, 5.41) is 4.68. The lowest BCUT2D eigenvalue weighted by molar-refractivity contribution is 0.0525. The molecule has 2 rings (SSSR count). The number of nitrogens with one attached hydrogen (secondary N) is 1. The summed E-state index contributed by atoms with van der Waals surface area (Å²) in [4.78, 5) is 20.9. The largest absolute Gasteiger partial charge is 0.462 e. The van der Waals surface area contributed by atoms with Crippen molar-refractivity contribution in [2.75, 3.05) is 19.0 Å². The van der Waals surface area contributed by atoms with Crippen LogP contribution in [-0.2, 0) is 11.3 Å². The number of hydrogen-bond acceptors (Lipinski definition) is 7. The average Bonchev–Trinajstić information content (AvgIpc) is 2.89. The molecule has 0 saturated heterocycles. The summed E-state index contributed by atoms with van der Waals surface area (Å²) in [7, 11) is 1.73. The molecule has 0 aliphatic rings. The highest BCUT2D eigenvalue weighted by molar-refractivity contribution is 7.71. The molecule has 0 radical (unpaired) electrons. The maximum atomic E-state index is 11.8. The van der Waals surface area contributed by atoms with Gasteiger partial charge in [0.15, 0.2) is 0 Å². The van der Waals surface area contributed by atoms with Crippen LogP contribution in [-0.4, -0.2) is 34.2 Å². The van der Waals surface area contributed by atoms with E-state index in [0.717, 1.165) is 4.88 Å². The first-order valence-electron chi connectivity index (χ1n) is 6.00. The van der Waals surface area contributed by atoms with Crippen LogP contribution >= 0.6 is 23.6 Å². The lowest BCUT2D eigenvalue weighted by Gasteiger charge is -2.07. The molecular formula is C12H14N4O2S2. The van der Waals surface area contributed by atoms with E-state index in [0.29, 0.717) is 29.4 Å². The second kappa shape index (κ2) is 6.58. The van der Waals surface area contributed by atoms with Crippen LogP contribution in [0.1, 0.15) is 22.2 Å². The Hall–Kier alpha value is -1.80. The third-order valence-corrected chi connectivity index (χ3v) is 3.78. The SMILES string of the molecule is CCOC(=O)c1ccsc1Cn1cnc(NC)nc1=S. The molecule has 0 aromatic carbocycles. The summed E-state index contributed by atoms with van der Waals surface area (Å²) in [6.45, 7) is 2.59. The van der Waals surface area contributed by atoms with E-state index in [-0.39, 0.29) is 5.97 Å². The Morgan fingerprint density at radius 1 is 1.60 bits per heavy atom. The van der Waals surface area contributed by atoms with E-state index in [2.05, 4.69) is 15.3 Å². The second-order valence-corrected chi connectivity index (χ2v) is 5.18. The Labute approximate surface area is 125 Å². The maximum absolute atomic E-state index is 11.8. The summed E-state index contributed by atoms with van der Waals surface area (Å²) in [6, 6.07) is 1.75. The number of carbonyl (C=O) groups excluding carboxylic acids is 1. The molecule has 8 heteroatoms. The van der Waals surface area contributed by atoms with Gasteiger partial charge in [-0.2, -0.15) is 4.98 Å². The Bertz CT molecular complexity index is 665. The molecule has 0 aliphatic carbocycles. The third kappa shape index (κ3) is 3.20. The van der Waals surface area contributed by atoms with E-state index in [1.54, 1.807) is 30.9 Å². The van der Waals surface area contributed by atoms with E-state index < -0.39 is 0 Å².